The van der Waals surface area contributed by atoms with Crippen LogP contribution < -0.4 is 0 Å². The van der Waals surface area contributed by atoms with Gasteiger partial charge in [0.2, 0.25) is 0 Å². The largest absolute Gasteiger partial charge is 0.456 e. The Balaban J connectivity index is 1.15. The molecular weight excluding hydrogens is 621 g/mol. The van der Waals surface area contributed by atoms with E-state index in [4.69, 9.17) is 4.42 Å². The molecule has 0 bridgehead atoms. The molecule has 0 N–H and O–H groups in total. The predicted octanol–water partition coefficient (Wildman–Crippen LogP) is 13.1. The number of fused-ring (bicyclic) bond motifs is 9. The Labute approximate surface area is 293 Å². The molecule has 0 unspecified atom stereocenters. The van der Waals surface area contributed by atoms with Gasteiger partial charge in [-0.05, 0) is 77.4 Å². The minimum Gasteiger partial charge on any atom is -0.456 e. The Kier molecular flexibility index (Phi) is 5.96. The summed E-state index contributed by atoms with van der Waals surface area (Å²) in [6.07, 6.45) is 0. The lowest BCUT2D eigenvalue weighted by molar-refractivity contribution is 0.669. The second kappa shape index (κ2) is 10.8. The second-order valence-electron chi connectivity index (χ2n) is 13.3. The van der Waals surface area contributed by atoms with Gasteiger partial charge in [-0.2, -0.15) is 0 Å². The van der Waals surface area contributed by atoms with Gasteiger partial charge in [0.25, 0.3) is 0 Å². The van der Waals surface area contributed by atoms with Crippen molar-refractivity contribution in [1.29, 1.82) is 0 Å². The lowest BCUT2D eigenvalue weighted by Gasteiger charge is -2.14. The monoisotopic (exact) mass is 650 g/mol. The summed E-state index contributed by atoms with van der Waals surface area (Å²) in [5, 5.41) is 7.25. The van der Waals surface area contributed by atoms with Crippen molar-refractivity contribution in [3.63, 3.8) is 0 Å². The third-order valence-electron chi connectivity index (χ3n) is 10.5. The topological polar surface area (TPSA) is 23.0 Å². The van der Waals surface area contributed by atoms with Crippen molar-refractivity contribution in [2.45, 2.75) is 0 Å². The SMILES string of the molecule is c1ccc(-n2c3ccccc3c3cc(-c4cccc(-n5c6ccccc6c6cccc(-c7cccc8oc9ccccc9c78)c65)c4)ccc32)cc1. The Hall–Kier alpha value is -6.84. The van der Waals surface area contributed by atoms with E-state index >= 15 is 0 Å². The third kappa shape index (κ3) is 4.12. The average molecular weight is 651 g/mol. The summed E-state index contributed by atoms with van der Waals surface area (Å²) in [5.74, 6) is 0. The predicted molar refractivity (Wildman–Crippen MR) is 213 cm³/mol. The van der Waals surface area contributed by atoms with Crippen LogP contribution in [0.5, 0.6) is 0 Å². The van der Waals surface area contributed by atoms with Gasteiger partial charge in [0, 0.05) is 49.3 Å². The standard InChI is InChI=1S/C48H30N2O/c1-2-14-33(15-3-1)49-42-23-7-5-18-36(42)41-30-32(27-28-44(41)49)31-13-10-16-34(29-31)50-43-24-8-4-17-35(43)38-21-11-22-39(48(38)50)37-20-12-26-46-47(37)40-19-6-9-25-45(40)51-46/h1-30H. The molecule has 8 aromatic carbocycles. The van der Waals surface area contributed by atoms with Gasteiger partial charge >= 0.3 is 0 Å². The zero-order valence-corrected chi connectivity index (χ0v) is 27.6. The summed E-state index contributed by atoms with van der Waals surface area (Å²) >= 11 is 0. The molecular formula is C48H30N2O. The number of rotatable bonds is 4. The Morgan fingerprint density at radius 3 is 1.78 bits per heavy atom. The molecule has 51 heavy (non-hydrogen) atoms. The van der Waals surface area contributed by atoms with Gasteiger partial charge in [0.15, 0.2) is 0 Å². The molecule has 0 aliphatic rings. The summed E-state index contributed by atoms with van der Waals surface area (Å²) in [7, 11) is 0. The van der Waals surface area contributed by atoms with Crippen LogP contribution in [0.1, 0.15) is 0 Å². The maximum absolute atomic E-state index is 6.34. The van der Waals surface area contributed by atoms with Crippen molar-refractivity contribution in [2.75, 3.05) is 0 Å². The van der Waals surface area contributed by atoms with Crippen LogP contribution in [-0.4, -0.2) is 9.13 Å². The lowest BCUT2D eigenvalue weighted by Crippen LogP contribution is -1.96. The molecule has 0 aliphatic carbocycles. The molecule has 0 radical (unpaired) electrons. The van der Waals surface area contributed by atoms with E-state index in [9.17, 15) is 0 Å². The summed E-state index contributed by atoms with van der Waals surface area (Å²) in [5.41, 5.74) is 13.6. The van der Waals surface area contributed by atoms with E-state index in [1.807, 2.05) is 6.07 Å². The first kappa shape index (κ1) is 28.0. The van der Waals surface area contributed by atoms with Crippen LogP contribution in [0, 0.1) is 0 Å². The lowest BCUT2D eigenvalue weighted by atomic mass is 9.97. The first-order valence-corrected chi connectivity index (χ1v) is 17.4. The van der Waals surface area contributed by atoms with Gasteiger partial charge in [0.1, 0.15) is 11.2 Å². The highest BCUT2D eigenvalue weighted by molar-refractivity contribution is 6.19. The van der Waals surface area contributed by atoms with Crippen molar-refractivity contribution in [3.8, 4) is 33.6 Å². The Morgan fingerprint density at radius 1 is 0.333 bits per heavy atom. The second-order valence-corrected chi connectivity index (χ2v) is 13.3. The molecule has 0 fully saturated rings. The zero-order valence-electron chi connectivity index (χ0n) is 27.6. The number of hydrogen-bond donors (Lipinski definition) is 0. The molecule has 3 nitrogen and oxygen atoms in total. The smallest absolute Gasteiger partial charge is 0.136 e. The number of nitrogens with zero attached hydrogens (tertiary/aromatic N) is 2. The van der Waals surface area contributed by atoms with E-state index in [0.717, 1.165) is 27.6 Å². The van der Waals surface area contributed by atoms with Gasteiger partial charge in [-0.3, -0.25) is 0 Å². The van der Waals surface area contributed by atoms with E-state index in [0.29, 0.717) is 0 Å². The number of hydrogen-bond acceptors (Lipinski definition) is 1. The molecule has 0 amide bonds. The van der Waals surface area contributed by atoms with Crippen LogP contribution in [-0.2, 0) is 0 Å². The number of furan rings is 1. The van der Waals surface area contributed by atoms with Crippen molar-refractivity contribution >= 4 is 65.6 Å². The van der Waals surface area contributed by atoms with Crippen LogP contribution in [0.2, 0.25) is 0 Å². The molecule has 0 saturated carbocycles. The van der Waals surface area contributed by atoms with E-state index < -0.39 is 0 Å². The van der Waals surface area contributed by atoms with Gasteiger partial charge in [0.05, 0.1) is 22.1 Å². The first-order chi connectivity index (χ1) is 25.3. The third-order valence-corrected chi connectivity index (χ3v) is 10.5. The van der Waals surface area contributed by atoms with E-state index in [2.05, 4.69) is 185 Å². The fraction of sp³-hybridized carbons (Fsp3) is 0. The number of aromatic nitrogens is 2. The summed E-state index contributed by atoms with van der Waals surface area (Å²) in [4.78, 5) is 0. The number of para-hydroxylation sites is 5. The molecule has 11 rings (SSSR count). The van der Waals surface area contributed by atoms with Gasteiger partial charge in [-0.25, -0.2) is 0 Å². The van der Waals surface area contributed by atoms with Crippen molar-refractivity contribution < 1.29 is 4.42 Å². The maximum atomic E-state index is 6.34. The van der Waals surface area contributed by atoms with E-state index in [1.54, 1.807) is 0 Å². The highest BCUT2D eigenvalue weighted by Crippen LogP contribution is 2.43. The zero-order chi connectivity index (χ0) is 33.5. The molecule has 238 valence electrons. The van der Waals surface area contributed by atoms with Crippen LogP contribution >= 0.6 is 0 Å². The molecule has 3 heteroatoms. The molecule has 0 saturated heterocycles. The fourth-order valence-corrected chi connectivity index (χ4v) is 8.34. The van der Waals surface area contributed by atoms with E-state index in [1.165, 1.54) is 71.6 Å². The fourth-order valence-electron chi connectivity index (χ4n) is 8.34. The van der Waals surface area contributed by atoms with Gasteiger partial charge in [-0.15, -0.1) is 0 Å². The normalized spacial score (nSPS) is 11.9. The highest BCUT2D eigenvalue weighted by atomic mass is 16.3. The molecule has 0 aliphatic heterocycles. The molecule has 3 heterocycles. The van der Waals surface area contributed by atoms with Crippen molar-refractivity contribution in [1.82, 2.24) is 9.13 Å². The van der Waals surface area contributed by atoms with E-state index in [-0.39, 0.29) is 0 Å². The van der Waals surface area contributed by atoms with Crippen LogP contribution in [0.15, 0.2) is 186 Å². The van der Waals surface area contributed by atoms with Crippen molar-refractivity contribution in [2.24, 2.45) is 0 Å². The quantitative estimate of drug-likeness (QED) is 0.186. The summed E-state index contributed by atoms with van der Waals surface area (Å²) < 4.78 is 11.2. The minimum absolute atomic E-state index is 0.902. The van der Waals surface area contributed by atoms with Gasteiger partial charge in [-0.1, -0.05) is 121 Å². The van der Waals surface area contributed by atoms with Crippen LogP contribution in [0.25, 0.3) is 99.2 Å². The van der Waals surface area contributed by atoms with Crippen molar-refractivity contribution in [3.05, 3.63) is 182 Å². The highest BCUT2D eigenvalue weighted by Gasteiger charge is 2.20. The molecule has 0 atom stereocenters. The Morgan fingerprint density at radius 2 is 0.922 bits per heavy atom. The maximum Gasteiger partial charge on any atom is 0.136 e. The minimum atomic E-state index is 0.902. The Bertz CT molecular complexity index is 3140. The number of benzene rings is 8. The van der Waals surface area contributed by atoms with Gasteiger partial charge < -0.3 is 13.6 Å². The average Bonchev–Trinajstić information content (AvgIpc) is 3.86. The van der Waals surface area contributed by atoms with Crippen LogP contribution in [0.4, 0.5) is 0 Å². The summed E-state index contributed by atoms with van der Waals surface area (Å²) in [6, 6.07) is 65.5. The molecule has 3 aromatic heterocycles. The molecule has 11 aromatic rings. The summed E-state index contributed by atoms with van der Waals surface area (Å²) in [6.45, 7) is 0. The molecule has 0 spiro atoms. The van der Waals surface area contributed by atoms with Crippen LogP contribution in [0.3, 0.4) is 0 Å². The first-order valence-electron chi connectivity index (χ1n) is 17.4.